The summed E-state index contributed by atoms with van der Waals surface area (Å²) in [6.45, 7) is 1.52. The Labute approximate surface area is 118 Å². The fraction of sp³-hybridized carbons (Fsp3) is 0.857. The van der Waals surface area contributed by atoms with Gasteiger partial charge in [-0.1, -0.05) is 0 Å². The molecule has 6 heteroatoms. The molecule has 6 nitrogen and oxygen atoms in total. The van der Waals surface area contributed by atoms with Crippen molar-refractivity contribution in [2.24, 2.45) is 11.8 Å². The maximum Gasteiger partial charge on any atom is 0.221 e. The third kappa shape index (κ3) is 1.93. The van der Waals surface area contributed by atoms with Gasteiger partial charge in [-0.2, -0.15) is 0 Å². The van der Waals surface area contributed by atoms with Crippen molar-refractivity contribution in [1.82, 2.24) is 21.3 Å². The third-order valence-corrected chi connectivity index (χ3v) is 5.53. The Bertz CT molecular complexity index is 403. The summed E-state index contributed by atoms with van der Waals surface area (Å²) >= 11 is 0. The molecule has 0 aromatic rings. The summed E-state index contributed by atoms with van der Waals surface area (Å²) in [7, 11) is 0. The van der Waals surface area contributed by atoms with Crippen LogP contribution in [0.1, 0.15) is 25.7 Å². The molecule has 0 spiro atoms. The van der Waals surface area contributed by atoms with Gasteiger partial charge in [0, 0.05) is 61.9 Å². The highest BCUT2D eigenvalue weighted by Crippen LogP contribution is 2.45. The standard InChI is InChI=1S/C14H22N4O2/c19-11-1-3-15-7-5-8-14-10(6-9(17-11)13(7)14)18-12(20)2-4-16-8/h7-10,13-16H,1-6H2,(H,17,19)(H,18,20)/t7-,8+,9+,10-,13+,14-. The molecular weight excluding hydrogens is 256 g/mol. The second kappa shape index (κ2) is 4.70. The van der Waals surface area contributed by atoms with Crippen molar-refractivity contribution in [1.29, 1.82) is 0 Å². The second-order valence-electron chi connectivity index (χ2n) is 6.60. The van der Waals surface area contributed by atoms with Crippen LogP contribution in [0.3, 0.4) is 0 Å². The van der Waals surface area contributed by atoms with Crippen LogP contribution in [0.2, 0.25) is 0 Å². The molecule has 2 aliphatic heterocycles. The zero-order chi connectivity index (χ0) is 13.7. The van der Waals surface area contributed by atoms with Crippen molar-refractivity contribution in [2.75, 3.05) is 13.1 Å². The Morgan fingerprint density at radius 1 is 0.700 bits per heavy atom. The molecule has 0 aromatic heterocycles. The molecule has 4 N–H and O–H groups in total. The van der Waals surface area contributed by atoms with E-state index in [0.717, 1.165) is 25.9 Å². The van der Waals surface area contributed by atoms with E-state index >= 15 is 0 Å². The van der Waals surface area contributed by atoms with Crippen LogP contribution in [0.4, 0.5) is 0 Å². The first-order valence-corrected chi connectivity index (χ1v) is 7.78. The van der Waals surface area contributed by atoms with Gasteiger partial charge in [-0.3, -0.25) is 9.59 Å². The van der Waals surface area contributed by atoms with Gasteiger partial charge < -0.3 is 21.3 Å². The molecule has 0 radical (unpaired) electrons. The highest BCUT2D eigenvalue weighted by atomic mass is 16.2. The Morgan fingerprint density at radius 2 is 1.15 bits per heavy atom. The number of hydrogen-bond donors (Lipinski definition) is 4. The molecule has 4 rings (SSSR count). The summed E-state index contributed by atoms with van der Waals surface area (Å²) in [6.07, 6.45) is 3.09. The van der Waals surface area contributed by atoms with Crippen LogP contribution >= 0.6 is 0 Å². The molecule has 6 atom stereocenters. The molecule has 4 aliphatic rings. The summed E-state index contributed by atoms with van der Waals surface area (Å²) in [5.41, 5.74) is 0. The van der Waals surface area contributed by atoms with E-state index in [2.05, 4.69) is 21.3 Å². The summed E-state index contributed by atoms with van der Waals surface area (Å²) in [6, 6.07) is 1.34. The normalized spacial score (nSPS) is 47.4. The lowest BCUT2D eigenvalue weighted by molar-refractivity contribution is -0.123. The second-order valence-corrected chi connectivity index (χ2v) is 6.60. The van der Waals surface area contributed by atoms with E-state index < -0.39 is 0 Å². The Kier molecular flexibility index (Phi) is 2.96. The van der Waals surface area contributed by atoms with Crippen molar-refractivity contribution < 1.29 is 9.59 Å². The van der Waals surface area contributed by atoms with Gasteiger partial charge in [0.2, 0.25) is 11.8 Å². The van der Waals surface area contributed by atoms with Crippen LogP contribution in [0.15, 0.2) is 0 Å². The largest absolute Gasteiger partial charge is 0.353 e. The summed E-state index contributed by atoms with van der Waals surface area (Å²) in [4.78, 5) is 23.7. The zero-order valence-corrected chi connectivity index (χ0v) is 11.5. The lowest BCUT2D eigenvalue weighted by Crippen LogP contribution is -2.49. The van der Waals surface area contributed by atoms with E-state index in [9.17, 15) is 9.59 Å². The van der Waals surface area contributed by atoms with Gasteiger partial charge in [0.25, 0.3) is 0 Å². The Balaban J connectivity index is 1.65. The monoisotopic (exact) mass is 278 g/mol. The fourth-order valence-electron chi connectivity index (χ4n) is 4.86. The minimum absolute atomic E-state index is 0.137. The van der Waals surface area contributed by atoms with Crippen LogP contribution in [0, 0.1) is 11.8 Å². The minimum Gasteiger partial charge on any atom is -0.353 e. The first-order valence-electron chi connectivity index (χ1n) is 7.78. The third-order valence-electron chi connectivity index (χ3n) is 5.53. The molecule has 2 saturated carbocycles. The topological polar surface area (TPSA) is 82.3 Å². The van der Waals surface area contributed by atoms with Gasteiger partial charge >= 0.3 is 0 Å². The van der Waals surface area contributed by atoms with E-state index in [0.29, 0.717) is 36.8 Å². The van der Waals surface area contributed by atoms with Crippen LogP contribution in [0.5, 0.6) is 0 Å². The van der Waals surface area contributed by atoms with Crippen molar-refractivity contribution in [3.05, 3.63) is 0 Å². The molecule has 110 valence electrons. The van der Waals surface area contributed by atoms with Crippen molar-refractivity contribution >= 4 is 11.8 Å². The lowest BCUT2D eigenvalue weighted by atomic mass is 9.90. The number of amides is 2. The first kappa shape index (κ1) is 12.6. The summed E-state index contributed by atoms with van der Waals surface area (Å²) < 4.78 is 0. The molecule has 4 fully saturated rings. The summed E-state index contributed by atoms with van der Waals surface area (Å²) in [5.74, 6) is 1.16. The quantitative estimate of drug-likeness (QED) is 0.445. The maximum absolute atomic E-state index is 11.9. The van der Waals surface area contributed by atoms with E-state index in [1.165, 1.54) is 0 Å². The molecule has 2 heterocycles. The zero-order valence-electron chi connectivity index (χ0n) is 11.5. The molecule has 20 heavy (non-hydrogen) atoms. The van der Waals surface area contributed by atoms with Gasteiger partial charge in [0.15, 0.2) is 0 Å². The fourth-order valence-corrected chi connectivity index (χ4v) is 4.86. The molecule has 2 saturated heterocycles. The van der Waals surface area contributed by atoms with E-state index in [4.69, 9.17) is 0 Å². The molecule has 0 aromatic carbocycles. The van der Waals surface area contributed by atoms with Crippen molar-refractivity contribution in [3.8, 4) is 0 Å². The van der Waals surface area contributed by atoms with Gasteiger partial charge in [0.1, 0.15) is 0 Å². The van der Waals surface area contributed by atoms with Crippen LogP contribution in [0.25, 0.3) is 0 Å². The highest BCUT2D eigenvalue weighted by molar-refractivity contribution is 5.77. The molecule has 0 unspecified atom stereocenters. The van der Waals surface area contributed by atoms with Gasteiger partial charge in [-0.25, -0.2) is 0 Å². The van der Waals surface area contributed by atoms with E-state index in [1.54, 1.807) is 0 Å². The minimum atomic E-state index is 0.137. The Morgan fingerprint density at radius 3 is 1.65 bits per heavy atom. The smallest absolute Gasteiger partial charge is 0.221 e. The van der Waals surface area contributed by atoms with Crippen molar-refractivity contribution in [3.63, 3.8) is 0 Å². The SMILES string of the molecule is O=C1CCN[C@@H]2C[C@@H]3NCCC(=O)N[C@@H]4C[C@H](N1)[C@H]2[C@H]34. The predicted octanol–water partition coefficient (Wildman–Crippen LogP) is -1.28. The first-order chi connectivity index (χ1) is 9.72. The number of rotatable bonds is 0. The summed E-state index contributed by atoms with van der Waals surface area (Å²) in [5, 5.41) is 13.5. The van der Waals surface area contributed by atoms with Crippen LogP contribution in [-0.2, 0) is 9.59 Å². The average molecular weight is 278 g/mol. The number of hydrogen-bond acceptors (Lipinski definition) is 4. The number of nitrogens with one attached hydrogen (secondary N) is 4. The van der Waals surface area contributed by atoms with Gasteiger partial charge in [-0.15, -0.1) is 0 Å². The van der Waals surface area contributed by atoms with Crippen molar-refractivity contribution in [2.45, 2.75) is 49.9 Å². The van der Waals surface area contributed by atoms with E-state index in [-0.39, 0.29) is 23.9 Å². The molecule has 2 aliphatic carbocycles. The molecule has 0 bridgehead atoms. The molecular formula is C14H22N4O2. The van der Waals surface area contributed by atoms with E-state index in [1.807, 2.05) is 0 Å². The number of carbonyl (C=O) groups excluding carboxylic acids is 2. The Hall–Kier alpha value is -1.14. The predicted molar refractivity (Wildman–Crippen MR) is 72.9 cm³/mol. The highest BCUT2D eigenvalue weighted by Gasteiger charge is 2.56. The van der Waals surface area contributed by atoms with Gasteiger partial charge in [0.05, 0.1) is 0 Å². The van der Waals surface area contributed by atoms with Crippen LogP contribution < -0.4 is 21.3 Å². The average Bonchev–Trinajstić information content (AvgIpc) is 2.86. The maximum atomic E-state index is 11.9. The van der Waals surface area contributed by atoms with Gasteiger partial charge in [-0.05, 0) is 12.8 Å². The number of carbonyl (C=O) groups is 2. The molecule has 2 amide bonds. The van der Waals surface area contributed by atoms with Crippen LogP contribution in [-0.4, -0.2) is 49.1 Å². The lowest BCUT2D eigenvalue weighted by Gasteiger charge is -2.30.